The van der Waals surface area contributed by atoms with Crippen LogP contribution in [0.3, 0.4) is 0 Å². The zero-order chi connectivity index (χ0) is 19.4. The summed E-state index contributed by atoms with van der Waals surface area (Å²) in [5, 5.41) is 0. The van der Waals surface area contributed by atoms with Crippen LogP contribution in [0.2, 0.25) is 0 Å². The predicted molar refractivity (Wildman–Crippen MR) is 90.8 cm³/mol. The van der Waals surface area contributed by atoms with Crippen LogP contribution < -0.4 is 14.2 Å². The molecule has 0 unspecified atom stereocenters. The fourth-order valence-corrected chi connectivity index (χ4v) is 2.57. The number of carbonyl (C=O) groups is 1. The molecule has 0 N–H and O–H groups in total. The van der Waals surface area contributed by atoms with E-state index >= 15 is 0 Å². The third kappa shape index (κ3) is 4.84. The molecular formula is C19H18F3NO4. The largest absolute Gasteiger partial charge is 0.486 e. The Labute approximate surface area is 154 Å². The molecular weight excluding hydrogens is 363 g/mol. The summed E-state index contributed by atoms with van der Waals surface area (Å²) < 4.78 is 54.3. The molecule has 2 aromatic rings. The van der Waals surface area contributed by atoms with Crippen molar-refractivity contribution >= 4 is 5.91 Å². The second-order valence-corrected chi connectivity index (χ2v) is 6.04. The van der Waals surface area contributed by atoms with Gasteiger partial charge in [-0.15, -0.1) is 0 Å². The molecule has 0 spiro atoms. The van der Waals surface area contributed by atoms with E-state index in [1.807, 2.05) is 6.07 Å². The Hall–Kier alpha value is -2.90. The molecule has 1 heterocycles. The lowest BCUT2D eigenvalue weighted by Gasteiger charge is -2.21. The van der Waals surface area contributed by atoms with Crippen LogP contribution in [0.1, 0.15) is 11.1 Å². The molecule has 1 aliphatic rings. The van der Waals surface area contributed by atoms with E-state index in [0.717, 1.165) is 17.7 Å². The summed E-state index contributed by atoms with van der Waals surface area (Å²) >= 11 is 0. The van der Waals surface area contributed by atoms with E-state index in [-0.39, 0.29) is 18.3 Å². The highest BCUT2D eigenvalue weighted by Crippen LogP contribution is 2.32. The summed E-state index contributed by atoms with van der Waals surface area (Å²) in [5.74, 6) is 0.917. The van der Waals surface area contributed by atoms with Gasteiger partial charge in [0, 0.05) is 13.6 Å². The van der Waals surface area contributed by atoms with Gasteiger partial charge >= 0.3 is 6.18 Å². The Balaban J connectivity index is 1.57. The minimum absolute atomic E-state index is 0.00842. The van der Waals surface area contributed by atoms with Gasteiger partial charge in [-0.25, -0.2) is 0 Å². The van der Waals surface area contributed by atoms with Gasteiger partial charge < -0.3 is 19.1 Å². The van der Waals surface area contributed by atoms with Crippen molar-refractivity contribution in [3.05, 3.63) is 53.6 Å². The third-order valence-electron chi connectivity index (χ3n) is 3.98. The van der Waals surface area contributed by atoms with Crippen LogP contribution in [-0.4, -0.2) is 37.7 Å². The minimum Gasteiger partial charge on any atom is -0.486 e. The molecule has 0 aliphatic carbocycles. The summed E-state index contributed by atoms with van der Waals surface area (Å²) in [6.45, 7) is 0.914. The number of fused-ring (bicyclic) bond motifs is 1. The van der Waals surface area contributed by atoms with Gasteiger partial charge in [-0.05, 0) is 35.9 Å². The average molecular weight is 381 g/mol. The van der Waals surface area contributed by atoms with Crippen LogP contribution in [0.5, 0.6) is 17.2 Å². The summed E-state index contributed by atoms with van der Waals surface area (Å²) in [4.78, 5) is 13.6. The molecule has 1 amide bonds. The number of hydrogen-bond donors (Lipinski definition) is 0. The lowest BCUT2D eigenvalue weighted by Crippen LogP contribution is -2.31. The average Bonchev–Trinajstić information content (AvgIpc) is 2.65. The highest BCUT2D eigenvalue weighted by molar-refractivity contribution is 5.77. The predicted octanol–water partition coefficient (Wildman–Crippen LogP) is 3.51. The van der Waals surface area contributed by atoms with Crippen LogP contribution >= 0.6 is 0 Å². The van der Waals surface area contributed by atoms with E-state index in [4.69, 9.17) is 14.2 Å². The summed E-state index contributed by atoms with van der Waals surface area (Å²) in [6, 6.07) is 9.83. The highest BCUT2D eigenvalue weighted by Gasteiger charge is 2.30. The van der Waals surface area contributed by atoms with Gasteiger partial charge in [0.15, 0.2) is 18.1 Å². The Bertz CT molecular complexity index is 823. The van der Waals surface area contributed by atoms with Crippen molar-refractivity contribution in [1.29, 1.82) is 0 Å². The molecule has 5 nitrogen and oxygen atoms in total. The van der Waals surface area contributed by atoms with Crippen molar-refractivity contribution in [2.45, 2.75) is 12.7 Å². The van der Waals surface area contributed by atoms with Crippen LogP contribution in [0.25, 0.3) is 0 Å². The Morgan fingerprint density at radius 2 is 1.85 bits per heavy atom. The van der Waals surface area contributed by atoms with Crippen LogP contribution in [0.4, 0.5) is 13.2 Å². The number of ether oxygens (including phenoxy) is 3. The van der Waals surface area contributed by atoms with Crippen LogP contribution in [0, 0.1) is 0 Å². The van der Waals surface area contributed by atoms with Crippen LogP contribution in [-0.2, 0) is 17.5 Å². The maximum absolute atomic E-state index is 12.7. The van der Waals surface area contributed by atoms with Gasteiger partial charge in [-0.2, -0.15) is 13.2 Å². The van der Waals surface area contributed by atoms with E-state index in [9.17, 15) is 18.0 Å². The zero-order valence-corrected chi connectivity index (χ0v) is 14.6. The topological polar surface area (TPSA) is 48.0 Å². The second-order valence-electron chi connectivity index (χ2n) is 6.04. The fourth-order valence-electron chi connectivity index (χ4n) is 2.57. The molecule has 0 radical (unpaired) electrons. The minimum atomic E-state index is -4.46. The molecule has 3 rings (SSSR count). The van der Waals surface area contributed by atoms with E-state index < -0.39 is 11.7 Å². The van der Waals surface area contributed by atoms with E-state index in [2.05, 4.69) is 0 Å². The Morgan fingerprint density at radius 3 is 2.59 bits per heavy atom. The molecule has 0 bridgehead atoms. The number of likely N-dealkylation sites (N-methyl/N-ethyl adjacent to an activating group) is 1. The van der Waals surface area contributed by atoms with Gasteiger partial charge in [0.05, 0.1) is 5.56 Å². The maximum Gasteiger partial charge on any atom is 0.416 e. The quantitative estimate of drug-likeness (QED) is 0.795. The Morgan fingerprint density at radius 1 is 1.11 bits per heavy atom. The Kier molecular flexibility index (Phi) is 5.43. The van der Waals surface area contributed by atoms with Crippen molar-refractivity contribution in [1.82, 2.24) is 4.90 Å². The molecule has 27 heavy (non-hydrogen) atoms. The standard InChI is InChI=1S/C19H18F3NO4/c1-23(11-13-5-6-16-17(9-13)26-8-7-25-16)18(24)12-27-15-4-2-3-14(10-15)19(20,21)22/h2-6,9-10H,7-8,11-12H2,1H3. The molecule has 0 saturated heterocycles. The summed E-state index contributed by atoms with van der Waals surface area (Å²) in [5.41, 5.74) is 0.0197. The van der Waals surface area contributed by atoms with E-state index in [1.165, 1.54) is 17.0 Å². The number of rotatable bonds is 5. The van der Waals surface area contributed by atoms with Crippen molar-refractivity contribution < 1.29 is 32.2 Å². The highest BCUT2D eigenvalue weighted by atomic mass is 19.4. The lowest BCUT2D eigenvalue weighted by molar-refractivity contribution is -0.137. The number of hydrogen-bond acceptors (Lipinski definition) is 4. The van der Waals surface area contributed by atoms with Gasteiger partial charge in [0.2, 0.25) is 0 Å². The second kappa shape index (κ2) is 7.77. The number of carbonyl (C=O) groups excluding carboxylic acids is 1. The van der Waals surface area contributed by atoms with Crippen molar-refractivity contribution in [2.75, 3.05) is 26.9 Å². The van der Waals surface area contributed by atoms with Gasteiger partial charge in [0.1, 0.15) is 19.0 Å². The first-order valence-electron chi connectivity index (χ1n) is 8.25. The number of amides is 1. The van der Waals surface area contributed by atoms with Crippen molar-refractivity contribution in [3.8, 4) is 17.2 Å². The SMILES string of the molecule is CN(Cc1ccc2c(c1)OCCO2)C(=O)COc1cccc(C(F)(F)F)c1. The van der Waals surface area contributed by atoms with Gasteiger partial charge in [0.25, 0.3) is 5.91 Å². The maximum atomic E-state index is 12.7. The molecule has 0 saturated carbocycles. The first-order valence-corrected chi connectivity index (χ1v) is 8.25. The molecule has 1 aliphatic heterocycles. The monoisotopic (exact) mass is 381 g/mol. The molecule has 8 heteroatoms. The summed E-state index contributed by atoms with van der Waals surface area (Å²) in [7, 11) is 1.59. The number of halogens is 3. The molecule has 0 fully saturated rings. The third-order valence-corrected chi connectivity index (χ3v) is 3.98. The smallest absolute Gasteiger partial charge is 0.416 e. The molecule has 2 aromatic carbocycles. The van der Waals surface area contributed by atoms with Gasteiger partial charge in [-0.1, -0.05) is 12.1 Å². The first-order chi connectivity index (χ1) is 12.8. The normalized spacial score (nSPS) is 13.2. The molecule has 0 atom stereocenters. The van der Waals surface area contributed by atoms with Crippen molar-refractivity contribution in [2.24, 2.45) is 0 Å². The number of nitrogens with zero attached hydrogens (tertiary/aromatic N) is 1. The van der Waals surface area contributed by atoms with Crippen molar-refractivity contribution in [3.63, 3.8) is 0 Å². The number of benzene rings is 2. The zero-order valence-electron chi connectivity index (χ0n) is 14.6. The summed E-state index contributed by atoms with van der Waals surface area (Å²) in [6.07, 6.45) is -4.46. The number of alkyl halides is 3. The first kappa shape index (κ1) is 18.9. The molecule has 144 valence electrons. The lowest BCUT2D eigenvalue weighted by atomic mass is 10.2. The molecule has 0 aromatic heterocycles. The fraction of sp³-hybridized carbons (Fsp3) is 0.316. The van der Waals surface area contributed by atoms with Crippen LogP contribution in [0.15, 0.2) is 42.5 Å². The van der Waals surface area contributed by atoms with E-state index in [0.29, 0.717) is 31.3 Å². The van der Waals surface area contributed by atoms with E-state index in [1.54, 1.807) is 19.2 Å². The van der Waals surface area contributed by atoms with Gasteiger partial charge in [-0.3, -0.25) is 4.79 Å².